The minimum absolute atomic E-state index is 0.0270. The Morgan fingerprint density at radius 2 is 1.71 bits per heavy atom. The van der Waals surface area contributed by atoms with Crippen LogP contribution in [0.4, 0.5) is 0 Å². The number of benzene rings is 2. The van der Waals surface area contributed by atoms with Gasteiger partial charge in [0.05, 0.1) is 16.9 Å². The van der Waals surface area contributed by atoms with Gasteiger partial charge in [0.25, 0.3) is 5.56 Å². The zero-order chi connectivity index (χ0) is 21.6. The van der Waals surface area contributed by atoms with E-state index < -0.39 is 11.2 Å². The fraction of sp³-hybridized carbons (Fsp3) is 0.400. The summed E-state index contributed by atoms with van der Waals surface area (Å²) in [5.41, 5.74) is 0.773. The molecule has 1 saturated carbocycles. The highest BCUT2D eigenvalue weighted by Crippen LogP contribution is 2.32. The number of fused-ring (bicyclic) bond motifs is 1. The van der Waals surface area contributed by atoms with Crippen molar-refractivity contribution >= 4 is 16.8 Å². The van der Waals surface area contributed by atoms with Crippen molar-refractivity contribution in [2.24, 2.45) is 5.92 Å². The van der Waals surface area contributed by atoms with Crippen LogP contribution in [-0.2, 0) is 11.3 Å². The van der Waals surface area contributed by atoms with Crippen LogP contribution in [0.2, 0.25) is 0 Å². The topological polar surface area (TPSA) is 84.0 Å². The van der Waals surface area contributed by atoms with Gasteiger partial charge in [-0.3, -0.25) is 19.1 Å². The number of carbonyl (C=O) groups is 1. The van der Waals surface area contributed by atoms with E-state index in [9.17, 15) is 14.4 Å². The Kier molecular flexibility index (Phi) is 6.65. The lowest BCUT2D eigenvalue weighted by Crippen LogP contribution is -2.34. The second kappa shape index (κ2) is 9.77. The third-order valence-corrected chi connectivity index (χ3v) is 6.30. The van der Waals surface area contributed by atoms with Crippen molar-refractivity contribution in [3.63, 3.8) is 0 Å². The maximum absolute atomic E-state index is 12.9. The molecule has 1 unspecified atom stereocenters. The van der Waals surface area contributed by atoms with E-state index in [-0.39, 0.29) is 24.9 Å². The molecule has 1 amide bonds. The lowest BCUT2D eigenvalue weighted by molar-refractivity contribution is -0.122. The summed E-state index contributed by atoms with van der Waals surface area (Å²) in [6.45, 7) is 0.215. The molecular weight excluding hydrogens is 390 g/mol. The second-order valence-corrected chi connectivity index (χ2v) is 8.45. The number of aromatic amines is 1. The van der Waals surface area contributed by atoms with Gasteiger partial charge in [0.15, 0.2) is 0 Å². The molecule has 0 saturated heterocycles. The summed E-state index contributed by atoms with van der Waals surface area (Å²) in [6, 6.07) is 17.0. The molecule has 2 aromatic carbocycles. The van der Waals surface area contributed by atoms with E-state index >= 15 is 0 Å². The fourth-order valence-corrected chi connectivity index (χ4v) is 4.66. The number of nitrogens with one attached hydrogen (secondary N) is 2. The monoisotopic (exact) mass is 419 g/mol. The Labute approximate surface area is 181 Å². The number of aromatic nitrogens is 2. The first-order chi connectivity index (χ1) is 15.1. The summed E-state index contributed by atoms with van der Waals surface area (Å²) >= 11 is 0. The Morgan fingerprint density at radius 1 is 1.00 bits per heavy atom. The van der Waals surface area contributed by atoms with Gasteiger partial charge in [0, 0.05) is 13.0 Å². The van der Waals surface area contributed by atoms with Crippen molar-refractivity contribution < 1.29 is 4.79 Å². The molecule has 1 atom stereocenters. The van der Waals surface area contributed by atoms with Crippen LogP contribution in [0, 0.1) is 5.92 Å². The van der Waals surface area contributed by atoms with E-state index in [0.29, 0.717) is 16.8 Å². The summed E-state index contributed by atoms with van der Waals surface area (Å²) in [5.74, 6) is 0.539. The molecule has 0 spiro atoms. The molecule has 1 heterocycles. The SMILES string of the molecule is O=C(CCn1c(=O)[nH]c(=O)c2ccccc21)NC(CC1CCCCC1)c1ccccc1. The maximum atomic E-state index is 12.9. The van der Waals surface area contributed by atoms with E-state index in [1.165, 1.54) is 36.7 Å². The molecule has 162 valence electrons. The Hall–Kier alpha value is -3.15. The van der Waals surface area contributed by atoms with Gasteiger partial charge in [-0.1, -0.05) is 74.6 Å². The summed E-state index contributed by atoms with van der Waals surface area (Å²) in [4.78, 5) is 39.6. The van der Waals surface area contributed by atoms with E-state index in [1.807, 2.05) is 18.2 Å². The van der Waals surface area contributed by atoms with Crippen LogP contribution in [0.1, 0.15) is 56.6 Å². The normalized spacial score (nSPS) is 15.6. The van der Waals surface area contributed by atoms with E-state index in [0.717, 1.165) is 12.0 Å². The Morgan fingerprint density at radius 3 is 2.48 bits per heavy atom. The van der Waals surface area contributed by atoms with Crippen molar-refractivity contribution in [1.82, 2.24) is 14.9 Å². The fourth-order valence-electron chi connectivity index (χ4n) is 4.66. The van der Waals surface area contributed by atoms with Crippen LogP contribution in [0.15, 0.2) is 64.2 Å². The Bertz CT molecular complexity index is 1140. The number of amides is 1. The predicted octanol–water partition coefficient (Wildman–Crippen LogP) is 3.91. The standard InChI is InChI=1S/C25H29N3O3/c29-23(15-16-28-22-14-8-7-13-20(22)24(30)27-25(28)31)26-21(19-11-5-2-6-12-19)17-18-9-3-1-4-10-18/h2,5-8,11-14,18,21H,1,3-4,9-10,15-17H2,(H,26,29)(H,27,30,31). The third kappa shape index (κ3) is 5.13. The summed E-state index contributed by atoms with van der Waals surface area (Å²) < 4.78 is 1.47. The lowest BCUT2D eigenvalue weighted by atomic mass is 9.83. The first-order valence-electron chi connectivity index (χ1n) is 11.2. The van der Waals surface area contributed by atoms with Crippen molar-refractivity contribution in [3.8, 4) is 0 Å². The first kappa shape index (κ1) is 21.1. The highest BCUT2D eigenvalue weighted by molar-refractivity contribution is 5.79. The highest BCUT2D eigenvalue weighted by Gasteiger charge is 2.22. The van der Waals surface area contributed by atoms with Gasteiger partial charge in [0.1, 0.15) is 0 Å². The molecule has 1 aromatic heterocycles. The smallest absolute Gasteiger partial charge is 0.328 e. The minimum atomic E-state index is -0.488. The average molecular weight is 420 g/mol. The summed E-state index contributed by atoms with van der Waals surface area (Å²) in [5, 5.41) is 3.65. The Balaban J connectivity index is 1.48. The third-order valence-electron chi connectivity index (χ3n) is 6.30. The van der Waals surface area contributed by atoms with Gasteiger partial charge in [-0.05, 0) is 30.0 Å². The molecule has 0 bridgehead atoms. The lowest BCUT2D eigenvalue weighted by Gasteiger charge is -2.27. The van der Waals surface area contributed by atoms with Crippen LogP contribution in [0.5, 0.6) is 0 Å². The van der Waals surface area contributed by atoms with Gasteiger partial charge in [0.2, 0.25) is 5.91 Å². The average Bonchev–Trinajstić information content (AvgIpc) is 2.80. The summed E-state index contributed by atoms with van der Waals surface area (Å²) in [6.07, 6.45) is 7.39. The van der Waals surface area contributed by atoms with Gasteiger partial charge in [-0.2, -0.15) is 0 Å². The van der Waals surface area contributed by atoms with E-state index in [2.05, 4.69) is 22.4 Å². The second-order valence-electron chi connectivity index (χ2n) is 8.45. The van der Waals surface area contributed by atoms with Crippen LogP contribution in [-0.4, -0.2) is 15.5 Å². The number of rotatable bonds is 7. The molecule has 0 aliphatic heterocycles. The van der Waals surface area contributed by atoms with Crippen molar-refractivity contribution in [1.29, 1.82) is 0 Å². The quantitative estimate of drug-likeness (QED) is 0.609. The number of nitrogens with zero attached hydrogens (tertiary/aromatic N) is 1. The van der Waals surface area contributed by atoms with Crippen LogP contribution < -0.4 is 16.6 Å². The largest absolute Gasteiger partial charge is 0.349 e. The number of H-pyrrole nitrogens is 1. The molecule has 6 nitrogen and oxygen atoms in total. The van der Waals surface area contributed by atoms with Gasteiger partial charge in [-0.25, -0.2) is 4.79 Å². The van der Waals surface area contributed by atoms with E-state index in [1.54, 1.807) is 24.3 Å². The molecule has 3 aromatic rings. The number of hydrogen-bond donors (Lipinski definition) is 2. The molecule has 0 radical (unpaired) electrons. The molecule has 1 aliphatic carbocycles. The molecule has 6 heteroatoms. The molecule has 31 heavy (non-hydrogen) atoms. The zero-order valence-electron chi connectivity index (χ0n) is 17.7. The number of carbonyl (C=O) groups excluding carboxylic acids is 1. The van der Waals surface area contributed by atoms with Crippen LogP contribution in [0.3, 0.4) is 0 Å². The minimum Gasteiger partial charge on any atom is -0.349 e. The molecular formula is C25H29N3O3. The van der Waals surface area contributed by atoms with Crippen molar-refractivity contribution in [2.75, 3.05) is 0 Å². The van der Waals surface area contributed by atoms with Gasteiger partial charge < -0.3 is 5.32 Å². The van der Waals surface area contributed by atoms with Crippen LogP contribution >= 0.6 is 0 Å². The van der Waals surface area contributed by atoms with E-state index in [4.69, 9.17) is 0 Å². The first-order valence-corrected chi connectivity index (χ1v) is 11.2. The highest BCUT2D eigenvalue weighted by atomic mass is 16.2. The van der Waals surface area contributed by atoms with Gasteiger partial charge in [-0.15, -0.1) is 0 Å². The molecule has 4 rings (SSSR count). The predicted molar refractivity (Wildman–Crippen MR) is 122 cm³/mol. The zero-order valence-corrected chi connectivity index (χ0v) is 17.7. The number of para-hydroxylation sites is 1. The van der Waals surface area contributed by atoms with Gasteiger partial charge >= 0.3 is 5.69 Å². The van der Waals surface area contributed by atoms with Crippen molar-refractivity contribution in [3.05, 3.63) is 81.0 Å². The maximum Gasteiger partial charge on any atom is 0.328 e. The summed E-state index contributed by atoms with van der Waals surface area (Å²) in [7, 11) is 0. The number of hydrogen-bond acceptors (Lipinski definition) is 3. The molecule has 1 fully saturated rings. The molecule has 1 aliphatic rings. The number of aryl methyl sites for hydroxylation is 1. The van der Waals surface area contributed by atoms with Crippen LogP contribution in [0.25, 0.3) is 10.9 Å². The van der Waals surface area contributed by atoms with Crippen molar-refractivity contribution in [2.45, 2.75) is 57.5 Å². The molecule has 2 N–H and O–H groups in total.